The van der Waals surface area contributed by atoms with Crippen molar-refractivity contribution < 1.29 is 38.0 Å². The zero-order valence-electron chi connectivity index (χ0n) is 22.9. The molecular weight excluding hydrogens is 514 g/mol. The summed E-state index contributed by atoms with van der Waals surface area (Å²) in [5.41, 5.74) is 4.53. The topological polar surface area (TPSA) is 102 Å². The highest BCUT2D eigenvalue weighted by molar-refractivity contribution is 5.82. The van der Waals surface area contributed by atoms with Gasteiger partial charge in [-0.25, -0.2) is 9.59 Å². The van der Waals surface area contributed by atoms with Crippen molar-refractivity contribution in [1.29, 1.82) is 0 Å². The third kappa shape index (κ3) is 7.60. The number of hydrogen-bond donors (Lipinski definition) is 1. The van der Waals surface area contributed by atoms with Crippen LogP contribution in [0.15, 0.2) is 48.5 Å². The van der Waals surface area contributed by atoms with Crippen LogP contribution in [0.1, 0.15) is 62.0 Å². The van der Waals surface area contributed by atoms with Gasteiger partial charge in [-0.05, 0) is 60.8 Å². The summed E-state index contributed by atoms with van der Waals surface area (Å²) < 4.78 is 33.8. The summed E-state index contributed by atoms with van der Waals surface area (Å²) in [7, 11) is 0. The molecule has 9 heteroatoms. The van der Waals surface area contributed by atoms with Crippen LogP contribution < -0.4 is 5.32 Å². The Morgan fingerprint density at radius 2 is 1.50 bits per heavy atom. The normalized spacial score (nSPS) is 21.2. The van der Waals surface area contributed by atoms with Crippen LogP contribution in [0, 0.1) is 0 Å². The zero-order chi connectivity index (χ0) is 27.6. The van der Waals surface area contributed by atoms with Crippen LogP contribution in [0.3, 0.4) is 0 Å². The lowest BCUT2D eigenvalue weighted by atomic mass is 9.98. The van der Waals surface area contributed by atoms with Gasteiger partial charge in [0.2, 0.25) is 6.29 Å². The summed E-state index contributed by atoms with van der Waals surface area (Å²) >= 11 is 0. The Kier molecular flexibility index (Phi) is 10.4. The van der Waals surface area contributed by atoms with E-state index in [1.165, 1.54) is 0 Å². The average molecular weight is 554 g/mol. The molecule has 2 aliphatic heterocycles. The number of nitrogens with one attached hydrogen (secondary N) is 1. The van der Waals surface area contributed by atoms with Crippen LogP contribution in [0.4, 0.5) is 4.79 Å². The lowest BCUT2D eigenvalue weighted by molar-refractivity contribution is -0.190. The van der Waals surface area contributed by atoms with Crippen molar-refractivity contribution in [1.82, 2.24) is 5.32 Å². The molecule has 2 fully saturated rings. The number of amides is 1. The molecule has 0 saturated carbocycles. The Labute approximate surface area is 235 Å². The number of esters is 1. The van der Waals surface area contributed by atoms with Crippen molar-refractivity contribution in [2.45, 2.75) is 69.5 Å². The first kappa shape index (κ1) is 28.5. The van der Waals surface area contributed by atoms with E-state index in [4.69, 9.17) is 28.4 Å². The Bertz CT molecular complexity index is 1070. The van der Waals surface area contributed by atoms with Gasteiger partial charge in [0.15, 0.2) is 12.3 Å². The molecule has 0 spiro atoms. The van der Waals surface area contributed by atoms with E-state index in [1.54, 1.807) is 0 Å². The largest absolute Gasteiger partial charge is 0.449 e. The number of alkyl carbamates (subject to hydrolysis) is 1. The van der Waals surface area contributed by atoms with E-state index in [2.05, 4.69) is 29.6 Å². The lowest BCUT2D eigenvalue weighted by Crippen LogP contribution is -2.47. The van der Waals surface area contributed by atoms with Gasteiger partial charge in [0, 0.05) is 25.6 Å². The SMILES string of the molecule is O=C(NC(COCCCOC1CCCCO1)C(=O)OC1CCCCO1)OCC1c2ccccc2-c2ccccc21. The van der Waals surface area contributed by atoms with Crippen molar-refractivity contribution in [2.24, 2.45) is 0 Å². The maximum absolute atomic E-state index is 13.0. The van der Waals surface area contributed by atoms with Gasteiger partial charge >= 0.3 is 12.1 Å². The lowest BCUT2D eigenvalue weighted by Gasteiger charge is -2.25. The molecular formula is C31H39NO8. The molecule has 9 nitrogen and oxygen atoms in total. The van der Waals surface area contributed by atoms with Gasteiger partial charge in [0.25, 0.3) is 0 Å². The van der Waals surface area contributed by atoms with E-state index < -0.39 is 24.4 Å². The van der Waals surface area contributed by atoms with Crippen LogP contribution in [0.5, 0.6) is 0 Å². The van der Waals surface area contributed by atoms with Crippen LogP contribution in [0.2, 0.25) is 0 Å². The van der Waals surface area contributed by atoms with E-state index in [1.807, 2.05) is 24.3 Å². The fourth-order valence-electron chi connectivity index (χ4n) is 5.39. The second-order valence-corrected chi connectivity index (χ2v) is 10.4. The summed E-state index contributed by atoms with van der Waals surface area (Å²) in [6.07, 6.45) is 4.75. The molecule has 0 radical (unpaired) electrons. The molecule has 1 N–H and O–H groups in total. The van der Waals surface area contributed by atoms with Gasteiger partial charge in [-0.1, -0.05) is 48.5 Å². The number of ether oxygens (including phenoxy) is 6. The minimum absolute atomic E-state index is 0.0460. The maximum atomic E-state index is 13.0. The highest BCUT2D eigenvalue weighted by Gasteiger charge is 2.31. The third-order valence-corrected chi connectivity index (χ3v) is 7.46. The molecule has 1 amide bonds. The molecule has 40 heavy (non-hydrogen) atoms. The quantitative estimate of drug-likeness (QED) is 0.292. The first-order chi connectivity index (χ1) is 19.7. The molecule has 2 heterocycles. The molecule has 2 saturated heterocycles. The van der Waals surface area contributed by atoms with E-state index in [-0.39, 0.29) is 25.4 Å². The molecule has 3 aliphatic rings. The minimum Gasteiger partial charge on any atom is -0.449 e. The molecule has 5 rings (SSSR count). The van der Waals surface area contributed by atoms with Crippen molar-refractivity contribution in [3.63, 3.8) is 0 Å². The van der Waals surface area contributed by atoms with Crippen LogP contribution in [-0.4, -0.2) is 70.3 Å². The van der Waals surface area contributed by atoms with Crippen LogP contribution in [-0.2, 0) is 33.2 Å². The molecule has 216 valence electrons. The number of fused-ring (bicyclic) bond motifs is 3. The smallest absolute Gasteiger partial charge is 0.407 e. The predicted molar refractivity (Wildman–Crippen MR) is 147 cm³/mol. The molecule has 0 aromatic heterocycles. The predicted octanol–water partition coefficient (Wildman–Crippen LogP) is 4.91. The number of carbonyl (C=O) groups is 2. The van der Waals surface area contributed by atoms with Crippen molar-refractivity contribution in [3.8, 4) is 11.1 Å². The summed E-state index contributed by atoms with van der Waals surface area (Å²) in [5.74, 6) is -0.684. The summed E-state index contributed by atoms with van der Waals surface area (Å²) in [4.78, 5) is 25.8. The summed E-state index contributed by atoms with van der Waals surface area (Å²) in [6, 6.07) is 15.2. The standard InChI is InChI=1S/C31H39NO8/c33-30(40-29-15-6-8-18-38-29)27(21-35-16-9-19-37-28-14-5-7-17-36-28)32-31(34)39-20-26-24-12-3-1-10-22(24)23-11-2-4-13-25(23)26/h1-4,10-13,26-29H,5-9,14-21H2,(H,32,34). The Balaban J connectivity index is 1.12. The van der Waals surface area contributed by atoms with E-state index >= 15 is 0 Å². The molecule has 3 unspecified atom stereocenters. The Hall–Kier alpha value is -2.98. The van der Waals surface area contributed by atoms with Gasteiger partial charge in [0.05, 0.1) is 19.8 Å². The van der Waals surface area contributed by atoms with Crippen molar-refractivity contribution in [3.05, 3.63) is 59.7 Å². The fourth-order valence-corrected chi connectivity index (χ4v) is 5.39. The highest BCUT2D eigenvalue weighted by atomic mass is 16.7. The first-order valence-corrected chi connectivity index (χ1v) is 14.4. The van der Waals surface area contributed by atoms with Gasteiger partial charge in [-0.2, -0.15) is 0 Å². The van der Waals surface area contributed by atoms with Crippen molar-refractivity contribution in [2.75, 3.05) is 39.6 Å². The van der Waals surface area contributed by atoms with Crippen LogP contribution in [0.25, 0.3) is 11.1 Å². The molecule has 1 aliphatic carbocycles. The zero-order valence-corrected chi connectivity index (χ0v) is 22.9. The Morgan fingerprint density at radius 3 is 2.15 bits per heavy atom. The minimum atomic E-state index is -1.02. The second-order valence-electron chi connectivity index (χ2n) is 10.4. The van der Waals surface area contributed by atoms with E-state index in [0.29, 0.717) is 32.7 Å². The third-order valence-electron chi connectivity index (χ3n) is 7.46. The number of carbonyl (C=O) groups excluding carboxylic acids is 2. The molecule has 0 bridgehead atoms. The molecule has 3 atom stereocenters. The monoisotopic (exact) mass is 553 g/mol. The van der Waals surface area contributed by atoms with Crippen molar-refractivity contribution >= 4 is 12.1 Å². The summed E-state index contributed by atoms with van der Waals surface area (Å²) in [5, 5.41) is 2.65. The number of rotatable bonds is 12. The van der Waals surface area contributed by atoms with Gasteiger partial charge < -0.3 is 33.7 Å². The van der Waals surface area contributed by atoms with Crippen LogP contribution >= 0.6 is 0 Å². The van der Waals surface area contributed by atoms with Gasteiger partial charge in [-0.3, -0.25) is 0 Å². The summed E-state index contributed by atoms with van der Waals surface area (Å²) in [6.45, 7) is 2.24. The molecule has 2 aromatic rings. The maximum Gasteiger partial charge on any atom is 0.407 e. The van der Waals surface area contributed by atoms with E-state index in [9.17, 15) is 9.59 Å². The Morgan fingerprint density at radius 1 is 0.850 bits per heavy atom. The highest BCUT2D eigenvalue weighted by Crippen LogP contribution is 2.44. The molecule has 2 aromatic carbocycles. The average Bonchev–Trinajstić information content (AvgIpc) is 3.32. The number of benzene rings is 2. The van der Waals surface area contributed by atoms with Gasteiger partial charge in [0.1, 0.15) is 6.61 Å². The second kappa shape index (κ2) is 14.6. The fraction of sp³-hybridized carbons (Fsp3) is 0.548. The van der Waals surface area contributed by atoms with E-state index in [0.717, 1.165) is 61.0 Å². The number of hydrogen-bond acceptors (Lipinski definition) is 8. The van der Waals surface area contributed by atoms with Gasteiger partial charge in [-0.15, -0.1) is 0 Å². The first-order valence-electron chi connectivity index (χ1n) is 14.4.